The Balaban J connectivity index is 1.78. The molecular formula is C19H22O5S. The fourth-order valence-corrected chi connectivity index (χ4v) is 2.96. The standard InChI is InChI=1S/C19H22O5S/c1-4-17-6-5-7-18(14-17)24-16(3)22-12-13-23-25(20,21)19-10-8-15(2)9-11-19/h4-11,14,16H,1,12-13H2,2-3H3. The highest BCUT2D eigenvalue weighted by molar-refractivity contribution is 7.86. The summed E-state index contributed by atoms with van der Waals surface area (Å²) in [6, 6.07) is 13.9. The molecule has 0 heterocycles. The molecule has 0 aliphatic heterocycles. The molecule has 0 bridgehead atoms. The van der Waals surface area contributed by atoms with Gasteiger partial charge in [0.05, 0.1) is 18.1 Å². The third kappa shape index (κ3) is 6.01. The molecule has 1 unspecified atom stereocenters. The van der Waals surface area contributed by atoms with E-state index in [0.29, 0.717) is 5.75 Å². The van der Waals surface area contributed by atoms with Gasteiger partial charge in [0.25, 0.3) is 10.1 Å². The van der Waals surface area contributed by atoms with Crippen molar-refractivity contribution < 1.29 is 22.1 Å². The summed E-state index contributed by atoms with van der Waals surface area (Å²) in [4.78, 5) is 0.128. The molecule has 134 valence electrons. The Morgan fingerprint density at radius 1 is 1.12 bits per heavy atom. The Hall–Kier alpha value is -2.15. The Bertz CT molecular complexity index is 797. The number of rotatable bonds is 9. The quantitative estimate of drug-likeness (QED) is 0.386. The summed E-state index contributed by atoms with van der Waals surface area (Å²) in [5.41, 5.74) is 1.92. The SMILES string of the molecule is C=Cc1cccc(OC(C)OCCOS(=O)(=O)c2ccc(C)cc2)c1. The molecule has 0 aromatic heterocycles. The van der Waals surface area contributed by atoms with Crippen molar-refractivity contribution in [2.75, 3.05) is 13.2 Å². The second-order valence-electron chi connectivity index (χ2n) is 5.42. The zero-order valence-corrected chi connectivity index (χ0v) is 15.2. The van der Waals surface area contributed by atoms with Crippen LogP contribution in [0.1, 0.15) is 18.1 Å². The molecule has 1 atom stereocenters. The van der Waals surface area contributed by atoms with Crippen LogP contribution in [-0.4, -0.2) is 27.9 Å². The summed E-state index contributed by atoms with van der Waals surface area (Å²) >= 11 is 0. The predicted molar refractivity (Wildman–Crippen MR) is 96.9 cm³/mol. The molecular weight excluding hydrogens is 340 g/mol. The van der Waals surface area contributed by atoms with Crippen molar-refractivity contribution in [3.05, 3.63) is 66.2 Å². The molecule has 2 aromatic carbocycles. The van der Waals surface area contributed by atoms with Gasteiger partial charge >= 0.3 is 0 Å². The normalized spacial score (nSPS) is 12.6. The van der Waals surface area contributed by atoms with Crippen LogP contribution in [0, 0.1) is 6.92 Å². The zero-order chi connectivity index (χ0) is 18.3. The van der Waals surface area contributed by atoms with E-state index >= 15 is 0 Å². The van der Waals surface area contributed by atoms with Crippen LogP contribution >= 0.6 is 0 Å². The van der Waals surface area contributed by atoms with Crippen molar-refractivity contribution in [1.29, 1.82) is 0 Å². The van der Waals surface area contributed by atoms with E-state index < -0.39 is 16.4 Å². The molecule has 2 rings (SSSR count). The van der Waals surface area contributed by atoms with Gasteiger partial charge in [-0.05, 0) is 43.7 Å². The van der Waals surface area contributed by atoms with Crippen LogP contribution in [0.3, 0.4) is 0 Å². The van der Waals surface area contributed by atoms with Crippen LogP contribution in [0.4, 0.5) is 0 Å². The third-order valence-corrected chi connectivity index (χ3v) is 4.71. The summed E-state index contributed by atoms with van der Waals surface area (Å²) in [6.45, 7) is 7.33. The van der Waals surface area contributed by atoms with Crippen molar-refractivity contribution in [2.45, 2.75) is 25.0 Å². The Kier molecular flexibility index (Phi) is 6.75. The van der Waals surface area contributed by atoms with Gasteiger partial charge in [-0.3, -0.25) is 4.18 Å². The van der Waals surface area contributed by atoms with E-state index in [4.69, 9.17) is 13.7 Å². The second-order valence-corrected chi connectivity index (χ2v) is 7.04. The molecule has 6 heteroatoms. The summed E-state index contributed by atoms with van der Waals surface area (Å²) in [7, 11) is -3.77. The maximum absolute atomic E-state index is 12.0. The molecule has 0 saturated heterocycles. The molecule has 2 aromatic rings. The lowest BCUT2D eigenvalue weighted by Gasteiger charge is -2.15. The number of benzene rings is 2. The van der Waals surface area contributed by atoms with Crippen LogP contribution in [-0.2, 0) is 19.0 Å². The van der Waals surface area contributed by atoms with Gasteiger partial charge in [-0.1, -0.05) is 42.5 Å². The maximum Gasteiger partial charge on any atom is 0.297 e. The van der Waals surface area contributed by atoms with E-state index in [0.717, 1.165) is 11.1 Å². The van der Waals surface area contributed by atoms with Gasteiger partial charge < -0.3 is 9.47 Å². The van der Waals surface area contributed by atoms with E-state index in [1.165, 1.54) is 12.1 Å². The Morgan fingerprint density at radius 3 is 2.52 bits per heavy atom. The molecule has 25 heavy (non-hydrogen) atoms. The second kappa shape index (κ2) is 8.80. The van der Waals surface area contributed by atoms with Crippen molar-refractivity contribution in [2.24, 2.45) is 0 Å². The smallest absolute Gasteiger partial charge is 0.297 e. The van der Waals surface area contributed by atoms with Crippen LogP contribution in [0.5, 0.6) is 5.75 Å². The highest BCUT2D eigenvalue weighted by Gasteiger charge is 2.15. The lowest BCUT2D eigenvalue weighted by atomic mass is 10.2. The first-order valence-corrected chi connectivity index (χ1v) is 9.28. The molecule has 0 spiro atoms. The van der Waals surface area contributed by atoms with Gasteiger partial charge in [-0.2, -0.15) is 8.42 Å². The average molecular weight is 362 g/mol. The monoisotopic (exact) mass is 362 g/mol. The van der Waals surface area contributed by atoms with Crippen LogP contribution in [0.25, 0.3) is 6.08 Å². The molecule has 0 saturated carbocycles. The summed E-state index contributed by atoms with van der Waals surface area (Å²) in [5.74, 6) is 0.651. The Morgan fingerprint density at radius 2 is 1.84 bits per heavy atom. The molecule has 0 aliphatic carbocycles. The van der Waals surface area contributed by atoms with E-state index in [-0.39, 0.29) is 18.1 Å². The van der Waals surface area contributed by atoms with Crippen LogP contribution in [0.2, 0.25) is 0 Å². The lowest BCUT2D eigenvalue weighted by molar-refractivity contribution is -0.0735. The highest BCUT2D eigenvalue weighted by Crippen LogP contribution is 2.16. The lowest BCUT2D eigenvalue weighted by Crippen LogP contribution is -2.20. The van der Waals surface area contributed by atoms with Crippen molar-refractivity contribution in [1.82, 2.24) is 0 Å². The van der Waals surface area contributed by atoms with E-state index in [1.54, 1.807) is 25.1 Å². The average Bonchev–Trinajstić information content (AvgIpc) is 2.59. The zero-order valence-electron chi connectivity index (χ0n) is 14.3. The molecule has 0 radical (unpaired) electrons. The largest absolute Gasteiger partial charge is 0.465 e. The van der Waals surface area contributed by atoms with Crippen molar-refractivity contribution in [3.8, 4) is 5.75 Å². The molecule has 0 amide bonds. The van der Waals surface area contributed by atoms with Gasteiger partial charge in [0.2, 0.25) is 0 Å². The predicted octanol–water partition coefficient (Wildman–Crippen LogP) is 3.78. The minimum atomic E-state index is -3.77. The van der Waals surface area contributed by atoms with Gasteiger partial charge in [0, 0.05) is 0 Å². The minimum Gasteiger partial charge on any atom is -0.465 e. The topological polar surface area (TPSA) is 61.8 Å². The van der Waals surface area contributed by atoms with Gasteiger partial charge in [0.15, 0.2) is 6.29 Å². The number of aryl methyl sites for hydroxylation is 1. The Labute approximate surface area is 149 Å². The van der Waals surface area contributed by atoms with E-state index in [9.17, 15) is 8.42 Å². The highest BCUT2D eigenvalue weighted by atomic mass is 32.2. The minimum absolute atomic E-state index is 0.0867. The van der Waals surface area contributed by atoms with Gasteiger partial charge in [-0.25, -0.2) is 0 Å². The van der Waals surface area contributed by atoms with Crippen molar-refractivity contribution >= 4 is 16.2 Å². The van der Waals surface area contributed by atoms with Gasteiger partial charge in [-0.15, -0.1) is 0 Å². The summed E-state index contributed by atoms with van der Waals surface area (Å²) < 4.78 is 40.1. The van der Waals surface area contributed by atoms with E-state index in [2.05, 4.69) is 6.58 Å². The number of hydrogen-bond donors (Lipinski definition) is 0. The molecule has 5 nitrogen and oxygen atoms in total. The number of hydrogen-bond acceptors (Lipinski definition) is 5. The summed E-state index contributed by atoms with van der Waals surface area (Å²) in [6.07, 6.45) is 1.19. The maximum atomic E-state index is 12.0. The van der Waals surface area contributed by atoms with Gasteiger partial charge in [0.1, 0.15) is 5.75 Å². The first-order valence-electron chi connectivity index (χ1n) is 7.87. The summed E-state index contributed by atoms with van der Waals surface area (Å²) in [5, 5.41) is 0. The van der Waals surface area contributed by atoms with E-state index in [1.807, 2.05) is 31.2 Å². The molecule has 0 fully saturated rings. The van der Waals surface area contributed by atoms with Crippen LogP contribution < -0.4 is 4.74 Å². The third-order valence-electron chi connectivity index (χ3n) is 3.38. The first kappa shape index (κ1) is 19.2. The fraction of sp³-hybridized carbons (Fsp3) is 0.263. The van der Waals surface area contributed by atoms with Crippen LogP contribution in [0.15, 0.2) is 60.0 Å². The fourth-order valence-electron chi connectivity index (χ4n) is 2.07. The molecule has 0 N–H and O–H groups in total. The molecule has 0 aliphatic rings. The van der Waals surface area contributed by atoms with Crippen molar-refractivity contribution in [3.63, 3.8) is 0 Å². The first-order chi connectivity index (χ1) is 11.9. The number of ether oxygens (including phenoxy) is 2.